The molecule has 1 heterocycles. The van der Waals surface area contributed by atoms with Crippen molar-refractivity contribution in [3.63, 3.8) is 0 Å². The quantitative estimate of drug-likeness (QED) is 0.340. The van der Waals surface area contributed by atoms with Crippen LogP contribution >= 0.6 is 11.6 Å². The van der Waals surface area contributed by atoms with Gasteiger partial charge in [-0.15, -0.1) is 0 Å². The van der Waals surface area contributed by atoms with E-state index in [0.717, 1.165) is 11.4 Å². The van der Waals surface area contributed by atoms with E-state index < -0.39 is 0 Å². The number of nitrogens with one attached hydrogen (secondary N) is 2. The van der Waals surface area contributed by atoms with Crippen LogP contribution in [0.5, 0.6) is 5.75 Å². The van der Waals surface area contributed by atoms with Gasteiger partial charge in [0.2, 0.25) is 6.41 Å². The molecule has 0 atom stereocenters. The summed E-state index contributed by atoms with van der Waals surface area (Å²) in [5.74, 6) is 5.82. The molecular formula is C13H16ClN3O3. The molecule has 108 valence electrons. The lowest BCUT2D eigenvalue weighted by atomic mass is 10.3. The van der Waals surface area contributed by atoms with Gasteiger partial charge in [-0.1, -0.05) is 17.7 Å². The normalized spacial score (nSPS) is 9.15. The summed E-state index contributed by atoms with van der Waals surface area (Å²) in [6.07, 6.45) is 2.02. The molecule has 6 nitrogen and oxygen atoms in total. The molecule has 0 fully saturated rings. The van der Waals surface area contributed by atoms with Crippen LogP contribution in [0.15, 0.2) is 41.0 Å². The van der Waals surface area contributed by atoms with Gasteiger partial charge in [-0.25, -0.2) is 5.84 Å². The molecule has 0 aliphatic rings. The van der Waals surface area contributed by atoms with Gasteiger partial charge in [0.05, 0.1) is 17.0 Å². The summed E-state index contributed by atoms with van der Waals surface area (Å²) in [7, 11) is 1.82. The molecule has 4 N–H and O–H groups in total. The predicted molar refractivity (Wildman–Crippen MR) is 77.4 cm³/mol. The van der Waals surface area contributed by atoms with Crippen molar-refractivity contribution in [1.82, 2.24) is 5.43 Å². The summed E-state index contributed by atoms with van der Waals surface area (Å²) in [6.45, 7) is 0.366. The van der Waals surface area contributed by atoms with E-state index in [9.17, 15) is 0 Å². The van der Waals surface area contributed by atoms with Crippen LogP contribution in [0.4, 0.5) is 5.69 Å². The molecule has 1 aromatic heterocycles. The van der Waals surface area contributed by atoms with E-state index in [1.165, 1.54) is 0 Å². The minimum Gasteiger partial charge on any atom is -0.482 e. The molecule has 0 saturated heterocycles. The minimum atomic E-state index is 0.366. The smallest absolute Gasteiger partial charge is 0.221 e. The summed E-state index contributed by atoms with van der Waals surface area (Å²) < 4.78 is 10.8. The molecule has 1 aromatic carbocycles. The zero-order valence-corrected chi connectivity index (χ0v) is 11.7. The molecule has 0 unspecified atom stereocenters. The number of rotatable bonds is 5. The first kappa shape index (κ1) is 15.9. The fourth-order valence-corrected chi connectivity index (χ4v) is 1.62. The van der Waals surface area contributed by atoms with Gasteiger partial charge < -0.3 is 14.5 Å². The fourth-order valence-electron chi connectivity index (χ4n) is 1.39. The molecule has 0 bridgehead atoms. The Labute approximate surface area is 121 Å². The maximum atomic E-state index is 8.94. The molecule has 0 radical (unpaired) electrons. The van der Waals surface area contributed by atoms with Crippen LogP contribution in [0.2, 0.25) is 5.02 Å². The van der Waals surface area contributed by atoms with E-state index >= 15 is 0 Å². The molecule has 1 amide bonds. The lowest BCUT2D eigenvalue weighted by Gasteiger charge is -2.11. The Kier molecular flexibility index (Phi) is 7.02. The number of hydrogen-bond acceptors (Lipinski definition) is 5. The molecule has 7 heteroatoms. The second-order valence-corrected chi connectivity index (χ2v) is 3.93. The second-order valence-electron chi connectivity index (χ2n) is 3.52. The third-order valence-electron chi connectivity index (χ3n) is 2.24. The van der Waals surface area contributed by atoms with Gasteiger partial charge in [-0.3, -0.25) is 10.2 Å². The highest BCUT2D eigenvalue weighted by molar-refractivity contribution is 6.32. The molecule has 0 spiro atoms. The van der Waals surface area contributed by atoms with Crippen LogP contribution in [0.1, 0.15) is 5.76 Å². The standard InChI is InChI=1S/C12H12ClNO2.CH4N2O/c1-14-11-6-2-5-10(13)12(11)16-8-9-4-3-7-15-9;2-3-1-4/h2-7,14H,8H2,1H3;1H,2H2,(H,3,4). The van der Waals surface area contributed by atoms with Crippen LogP contribution in [0, 0.1) is 0 Å². The summed E-state index contributed by atoms with van der Waals surface area (Å²) in [4.78, 5) is 8.94. The van der Waals surface area contributed by atoms with Crippen molar-refractivity contribution in [2.75, 3.05) is 12.4 Å². The number of carbonyl (C=O) groups excluding carboxylic acids is 1. The van der Waals surface area contributed by atoms with Crippen molar-refractivity contribution in [2.45, 2.75) is 6.61 Å². The number of para-hydroxylation sites is 1. The van der Waals surface area contributed by atoms with Crippen molar-refractivity contribution < 1.29 is 13.9 Å². The SMILES string of the molecule is CNc1cccc(Cl)c1OCc1ccco1.NNC=O. The summed E-state index contributed by atoms with van der Waals surface area (Å²) in [5.41, 5.74) is 2.61. The summed E-state index contributed by atoms with van der Waals surface area (Å²) in [6, 6.07) is 9.25. The number of hydrazine groups is 1. The van der Waals surface area contributed by atoms with Crippen LogP contribution in [0.25, 0.3) is 0 Å². The first-order chi connectivity index (χ1) is 9.72. The number of benzene rings is 1. The first-order valence-electron chi connectivity index (χ1n) is 5.74. The van der Waals surface area contributed by atoms with E-state index in [1.54, 1.807) is 17.8 Å². The third-order valence-corrected chi connectivity index (χ3v) is 2.54. The Morgan fingerprint density at radius 3 is 2.70 bits per heavy atom. The van der Waals surface area contributed by atoms with Gasteiger partial charge in [0.25, 0.3) is 0 Å². The van der Waals surface area contributed by atoms with Gasteiger partial charge in [-0.05, 0) is 24.3 Å². The number of anilines is 1. The highest BCUT2D eigenvalue weighted by Gasteiger charge is 2.07. The van der Waals surface area contributed by atoms with E-state index in [0.29, 0.717) is 23.8 Å². The molecule has 0 aliphatic carbocycles. The maximum absolute atomic E-state index is 8.94. The zero-order chi connectivity index (χ0) is 14.8. The predicted octanol–water partition coefficient (Wildman–Crippen LogP) is 2.16. The third kappa shape index (κ3) is 4.83. The largest absolute Gasteiger partial charge is 0.482 e. The Balaban J connectivity index is 0.000000444. The van der Waals surface area contributed by atoms with Gasteiger partial charge in [-0.2, -0.15) is 0 Å². The Bertz CT molecular complexity index is 518. The van der Waals surface area contributed by atoms with E-state index in [4.69, 9.17) is 25.5 Å². The molecule has 0 saturated carbocycles. The molecule has 2 rings (SSSR count). The summed E-state index contributed by atoms with van der Waals surface area (Å²) >= 11 is 6.05. The van der Waals surface area contributed by atoms with Crippen LogP contribution in [-0.4, -0.2) is 13.5 Å². The van der Waals surface area contributed by atoms with Crippen molar-refractivity contribution in [1.29, 1.82) is 0 Å². The van der Waals surface area contributed by atoms with Gasteiger partial charge in [0.1, 0.15) is 12.4 Å². The lowest BCUT2D eigenvalue weighted by Crippen LogP contribution is -2.18. The van der Waals surface area contributed by atoms with Crippen molar-refractivity contribution in [3.8, 4) is 5.75 Å². The Hall–Kier alpha value is -2.18. The van der Waals surface area contributed by atoms with Crippen molar-refractivity contribution in [3.05, 3.63) is 47.4 Å². The number of furan rings is 1. The highest BCUT2D eigenvalue weighted by Crippen LogP contribution is 2.33. The van der Waals surface area contributed by atoms with Crippen LogP contribution in [-0.2, 0) is 11.4 Å². The summed E-state index contributed by atoms with van der Waals surface area (Å²) in [5, 5.41) is 3.61. The number of amides is 1. The van der Waals surface area contributed by atoms with Crippen molar-refractivity contribution >= 4 is 23.7 Å². The van der Waals surface area contributed by atoms with Crippen molar-refractivity contribution in [2.24, 2.45) is 5.84 Å². The molecular weight excluding hydrogens is 282 g/mol. The second kappa shape index (κ2) is 8.84. The molecule has 2 aromatic rings. The first-order valence-corrected chi connectivity index (χ1v) is 6.12. The van der Waals surface area contributed by atoms with E-state index in [1.807, 2.05) is 31.3 Å². The topological polar surface area (TPSA) is 89.5 Å². The number of hydrogen-bond donors (Lipinski definition) is 3. The van der Waals surface area contributed by atoms with E-state index in [2.05, 4.69) is 11.2 Å². The van der Waals surface area contributed by atoms with Gasteiger partial charge >= 0.3 is 0 Å². The Morgan fingerprint density at radius 2 is 2.15 bits per heavy atom. The van der Waals surface area contributed by atoms with Gasteiger partial charge in [0, 0.05) is 7.05 Å². The fraction of sp³-hybridized carbons (Fsp3) is 0.154. The van der Waals surface area contributed by atoms with Crippen LogP contribution < -0.4 is 21.3 Å². The molecule has 20 heavy (non-hydrogen) atoms. The number of halogens is 1. The average Bonchev–Trinajstić information content (AvgIpc) is 2.99. The lowest BCUT2D eigenvalue weighted by molar-refractivity contribution is -0.109. The number of ether oxygens (including phenoxy) is 1. The number of carbonyl (C=O) groups is 1. The monoisotopic (exact) mass is 297 g/mol. The zero-order valence-electron chi connectivity index (χ0n) is 10.9. The van der Waals surface area contributed by atoms with E-state index in [-0.39, 0.29) is 0 Å². The maximum Gasteiger partial charge on any atom is 0.221 e. The van der Waals surface area contributed by atoms with Gasteiger partial charge in [0.15, 0.2) is 5.75 Å². The van der Waals surface area contributed by atoms with Crippen LogP contribution in [0.3, 0.4) is 0 Å². The Morgan fingerprint density at radius 1 is 1.40 bits per heavy atom. The highest BCUT2D eigenvalue weighted by atomic mass is 35.5. The average molecular weight is 298 g/mol. The minimum absolute atomic E-state index is 0.366. The molecule has 0 aliphatic heterocycles. The number of nitrogens with two attached hydrogens (primary N) is 1.